The molecular weight excluding hydrogens is 307 g/mol. The second-order valence-corrected chi connectivity index (χ2v) is 6.90. The number of rotatable bonds is 5. The lowest BCUT2D eigenvalue weighted by Gasteiger charge is -2.37. The molecule has 8 heteroatoms. The highest BCUT2D eigenvalue weighted by Crippen LogP contribution is 2.32. The van der Waals surface area contributed by atoms with Gasteiger partial charge in [0.05, 0.1) is 6.10 Å². The lowest BCUT2D eigenvalue weighted by Crippen LogP contribution is -2.46. The van der Waals surface area contributed by atoms with Gasteiger partial charge in [-0.2, -0.15) is 0 Å². The van der Waals surface area contributed by atoms with E-state index in [1.54, 1.807) is 6.92 Å². The van der Waals surface area contributed by atoms with Crippen molar-refractivity contribution in [1.29, 1.82) is 0 Å². The van der Waals surface area contributed by atoms with Crippen LogP contribution in [-0.4, -0.2) is 25.7 Å². The first-order valence-electron chi connectivity index (χ1n) is 6.59. The summed E-state index contributed by atoms with van der Waals surface area (Å²) in [7, 11) is -4.29. The van der Waals surface area contributed by atoms with Crippen molar-refractivity contribution >= 4 is 10.0 Å². The lowest BCUT2D eigenvalue weighted by atomic mass is 9.77. The minimum absolute atomic E-state index is 0.0480. The summed E-state index contributed by atoms with van der Waals surface area (Å²) in [6.45, 7) is 1.75. The first-order valence-corrected chi connectivity index (χ1v) is 8.07. The first kappa shape index (κ1) is 16.3. The van der Waals surface area contributed by atoms with E-state index in [1.165, 1.54) is 0 Å². The number of hydrogen-bond acceptors (Lipinski definition) is 3. The Morgan fingerprint density at radius 2 is 1.81 bits per heavy atom. The zero-order valence-corrected chi connectivity index (χ0v) is 12.1. The standard InChI is InChI=1S/C13H16F3NO3S/c1-2-12(7-3-8(18)4-7)17-21(19,20)13-6-10(15)9(14)5-11(13)16/h5-8,12,17-18H,2-4H2,1H3. The third-order valence-corrected chi connectivity index (χ3v) is 5.23. The molecule has 0 aromatic heterocycles. The molecule has 1 atom stereocenters. The van der Waals surface area contributed by atoms with Crippen LogP contribution in [0.4, 0.5) is 13.2 Å². The van der Waals surface area contributed by atoms with Crippen molar-refractivity contribution in [2.45, 2.75) is 43.2 Å². The number of aliphatic hydroxyl groups is 1. The summed E-state index contributed by atoms with van der Waals surface area (Å²) in [5.41, 5.74) is 0. The number of sulfonamides is 1. The normalized spacial score (nSPS) is 23.7. The Labute approximate surface area is 121 Å². The van der Waals surface area contributed by atoms with Crippen LogP contribution >= 0.6 is 0 Å². The molecule has 1 aromatic carbocycles. The van der Waals surface area contributed by atoms with Gasteiger partial charge < -0.3 is 5.11 Å². The van der Waals surface area contributed by atoms with Gasteiger partial charge in [-0.1, -0.05) is 6.92 Å². The average molecular weight is 323 g/mol. The van der Waals surface area contributed by atoms with Crippen molar-refractivity contribution in [3.63, 3.8) is 0 Å². The predicted octanol–water partition coefficient (Wildman–Crippen LogP) is 1.93. The van der Waals surface area contributed by atoms with E-state index in [0.29, 0.717) is 25.3 Å². The molecule has 2 N–H and O–H groups in total. The molecule has 1 aromatic rings. The predicted molar refractivity (Wildman–Crippen MR) is 69.4 cm³/mol. The minimum Gasteiger partial charge on any atom is -0.393 e. The maximum absolute atomic E-state index is 13.6. The summed E-state index contributed by atoms with van der Waals surface area (Å²) >= 11 is 0. The van der Waals surface area contributed by atoms with Crippen LogP contribution in [0.25, 0.3) is 0 Å². The van der Waals surface area contributed by atoms with Gasteiger partial charge in [0, 0.05) is 12.1 Å². The highest BCUT2D eigenvalue weighted by Gasteiger charge is 2.36. The van der Waals surface area contributed by atoms with Gasteiger partial charge in [0.2, 0.25) is 10.0 Å². The maximum atomic E-state index is 13.6. The highest BCUT2D eigenvalue weighted by molar-refractivity contribution is 7.89. The van der Waals surface area contributed by atoms with Crippen molar-refractivity contribution < 1.29 is 26.7 Å². The van der Waals surface area contributed by atoms with Crippen LogP contribution < -0.4 is 4.72 Å². The zero-order chi connectivity index (χ0) is 15.8. The molecule has 0 amide bonds. The molecule has 1 aliphatic carbocycles. The average Bonchev–Trinajstić information content (AvgIpc) is 2.36. The van der Waals surface area contributed by atoms with E-state index in [1.807, 2.05) is 0 Å². The SMILES string of the molecule is CCC(NS(=O)(=O)c1cc(F)c(F)cc1F)C1CC(O)C1. The fourth-order valence-corrected chi connectivity index (χ4v) is 3.90. The second-order valence-electron chi connectivity index (χ2n) is 5.22. The maximum Gasteiger partial charge on any atom is 0.243 e. The first-order chi connectivity index (χ1) is 9.74. The summed E-state index contributed by atoms with van der Waals surface area (Å²) < 4.78 is 66.1. The Morgan fingerprint density at radius 1 is 1.24 bits per heavy atom. The molecule has 0 radical (unpaired) electrons. The summed E-state index contributed by atoms with van der Waals surface area (Å²) in [4.78, 5) is -0.917. The number of nitrogens with one attached hydrogen (secondary N) is 1. The van der Waals surface area contributed by atoms with Crippen LogP contribution in [0.15, 0.2) is 17.0 Å². The molecule has 2 rings (SSSR count). The van der Waals surface area contributed by atoms with Crippen LogP contribution in [0, 0.1) is 23.4 Å². The van der Waals surface area contributed by atoms with Crippen LogP contribution in [0.1, 0.15) is 26.2 Å². The summed E-state index contributed by atoms with van der Waals surface area (Å²) in [5, 5.41) is 9.26. The van der Waals surface area contributed by atoms with Crippen molar-refractivity contribution in [2.24, 2.45) is 5.92 Å². The van der Waals surface area contributed by atoms with Crippen molar-refractivity contribution in [3.05, 3.63) is 29.6 Å². The highest BCUT2D eigenvalue weighted by atomic mass is 32.2. The molecule has 1 saturated carbocycles. The monoisotopic (exact) mass is 323 g/mol. The van der Waals surface area contributed by atoms with Gasteiger partial charge in [-0.15, -0.1) is 0 Å². The van der Waals surface area contributed by atoms with Gasteiger partial charge in [0.25, 0.3) is 0 Å². The van der Waals surface area contributed by atoms with Crippen molar-refractivity contribution in [2.75, 3.05) is 0 Å². The zero-order valence-electron chi connectivity index (χ0n) is 11.3. The number of benzene rings is 1. The van der Waals surface area contributed by atoms with Crippen LogP contribution in [-0.2, 0) is 10.0 Å². The van der Waals surface area contributed by atoms with Crippen LogP contribution in [0.5, 0.6) is 0 Å². The largest absolute Gasteiger partial charge is 0.393 e. The molecule has 21 heavy (non-hydrogen) atoms. The molecular formula is C13H16F3NO3S. The summed E-state index contributed by atoms with van der Waals surface area (Å²) in [6, 6.07) is 0.0544. The van der Waals surface area contributed by atoms with Crippen LogP contribution in [0.2, 0.25) is 0 Å². The molecule has 118 valence electrons. The molecule has 0 spiro atoms. The van der Waals surface area contributed by atoms with Gasteiger partial charge in [0.15, 0.2) is 11.6 Å². The van der Waals surface area contributed by atoms with Gasteiger partial charge in [-0.25, -0.2) is 26.3 Å². The lowest BCUT2D eigenvalue weighted by molar-refractivity contribution is 0.0277. The summed E-state index contributed by atoms with van der Waals surface area (Å²) in [5.74, 6) is -4.26. The second kappa shape index (κ2) is 5.94. The van der Waals surface area contributed by atoms with E-state index >= 15 is 0 Å². The fraction of sp³-hybridized carbons (Fsp3) is 0.538. The molecule has 0 saturated heterocycles. The Bertz CT molecular complexity index is 630. The topological polar surface area (TPSA) is 66.4 Å². The summed E-state index contributed by atoms with van der Waals surface area (Å²) in [6.07, 6.45) is 0.915. The van der Waals surface area contributed by atoms with E-state index < -0.39 is 44.5 Å². The molecule has 1 unspecified atom stereocenters. The van der Waals surface area contributed by atoms with E-state index in [9.17, 15) is 26.7 Å². The van der Waals surface area contributed by atoms with E-state index in [4.69, 9.17) is 0 Å². The Kier molecular flexibility index (Phi) is 4.60. The third-order valence-electron chi connectivity index (χ3n) is 3.73. The number of hydrogen-bond donors (Lipinski definition) is 2. The van der Waals surface area contributed by atoms with E-state index in [0.717, 1.165) is 0 Å². The van der Waals surface area contributed by atoms with Gasteiger partial charge in [-0.3, -0.25) is 0 Å². The fourth-order valence-electron chi connectivity index (χ4n) is 2.44. The third kappa shape index (κ3) is 3.38. The number of aliphatic hydroxyl groups excluding tert-OH is 1. The Balaban J connectivity index is 2.23. The smallest absolute Gasteiger partial charge is 0.243 e. The molecule has 0 aliphatic heterocycles. The Morgan fingerprint density at radius 3 is 2.33 bits per heavy atom. The molecule has 1 aliphatic rings. The van der Waals surface area contributed by atoms with Crippen molar-refractivity contribution in [3.8, 4) is 0 Å². The quantitative estimate of drug-likeness (QED) is 0.814. The van der Waals surface area contributed by atoms with Gasteiger partial charge in [0.1, 0.15) is 10.7 Å². The molecule has 1 fully saturated rings. The van der Waals surface area contributed by atoms with Gasteiger partial charge >= 0.3 is 0 Å². The molecule has 4 nitrogen and oxygen atoms in total. The number of halogens is 3. The van der Waals surface area contributed by atoms with Crippen molar-refractivity contribution in [1.82, 2.24) is 4.72 Å². The van der Waals surface area contributed by atoms with E-state index in [2.05, 4.69) is 4.72 Å². The van der Waals surface area contributed by atoms with Gasteiger partial charge in [-0.05, 0) is 31.2 Å². The molecule has 0 bridgehead atoms. The Hall–Kier alpha value is -1.12. The van der Waals surface area contributed by atoms with E-state index in [-0.39, 0.29) is 12.0 Å². The van der Waals surface area contributed by atoms with Crippen LogP contribution in [0.3, 0.4) is 0 Å². The minimum atomic E-state index is -4.29. The molecule has 0 heterocycles.